The van der Waals surface area contributed by atoms with Crippen LogP contribution in [0.3, 0.4) is 0 Å². The normalized spacial score (nSPS) is 17.1. The standard InChI is InChI=1S/C25H25N3O3/c1-15-10-19(16(2)27-22-8-4-3-7-18(22)25(29)30)21-12-20(17-6-5-9-31-14-17)24(13-26)28-23(21)11-15/h3-4,7-8,10-12,16-17,27H,5-6,9,14H2,1-2H3,(H,29,30). The van der Waals surface area contributed by atoms with Gasteiger partial charge in [0.05, 0.1) is 17.7 Å². The molecule has 1 aromatic heterocycles. The van der Waals surface area contributed by atoms with Crippen molar-refractivity contribution in [2.75, 3.05) is 18.5 Å². The van der Waals surface area contributed by atoms with Crippen molar-refractivity contribution < 1.29 is 14.6 Å². The first-order valence-electron chi connectivity index (χ1n) is 10.5. The number of ether oxygens (including phenoxy) is 1. The van der Waals surface area contributed by atoms with Gasteiger partial charge in [-0.25, -0.2) is 9.78 Å². The van der Waals surface area contributed by atoms with Crippen LogP contribution in [0.5, 0.6) is 0 Å². The third-order valence-corrected chi connectivity index (χ3v) is 5.84. The van der Waals surface area contributed by atoms with Crippen molar-refractivity contribution in [2.24, 2.45) is 0 Å². The Bertz CT molecular complexity index is 1180. The number of hydrogen-bond donors (Lipinski definition) is 2. The van der Waals surface area contributed by atoms with Crippen LogP contribution in [0.25, 0.3) is 10.9 Å². The van der Waals surface area contributed by atoms with Crippen molar-refractivity contribution in [3.63, 3.8) is 0 Å². The summed E-state index contributed by atoms with van der Waals surface area (Å²) in [5.74, 6) is -0.810. The number of aromatic carboxylic acids is 1. The molecule has 2 N–H and O–H groups in total. The average Bonchev–Trinajstić information content (AvgIpc) is 2.78. The summed E-state index contributed by atoms with van der Waals surface area (Å²) in [6, 6.07) is 15.2. The number of carboxylic acid groups (broad SMARTS) is 1. The Labute approximate surface area is 181 Å². The molecule has 0 saturated carbocycles. The molecule has 3 aromatic rings. The van der Waals surface area contributed by atoms with Crippen molar-refractivity contribution in [3.8, 4) is 6.07 Å². The van der Waals surface area contributed by atoms with Crippen molar-refractivity contribution in [1.29, 1.82) is 5.26 Å². The summed E-state index contributed by atoms with van der Waals surface area (Å²) in [6.07, 6.45) is 1.95. The smallest absolute Gasteiger partial charge is 0.337 e. The van der Waals surface area contributed by atoms with Gasteiger partial charge in [0, 0.05) is 29.6 Å². The number of fused-ring (bicyclic) bond motifs is 1. The number of nitriles is 1. The number of aryl methyl sites for hydroxylation is 1. The molecule has 4 rings (SSSR count). The monoisotopic (exact) mass is 415 g/mol. The molecule has 158 valence electrons. The van der Waals surface area contributed by atoms with Gasteiger partial charge in [-0.1, -0.05) is 18.2 Å². The van der Waals surface area contributed by atoms with E-state index in [9.17, 15) is 15.2 Å². The molecule has 2 unspecified atom stereocenters. The van der Waals surface area contributed by atoms with Gasteiger partial charge in [0.25, 0.3) is 0 Å². The van der Waals surface area contributed by atoms with E-state index in [-0.39, 0.29) is 17.5 Å². The molecule has 1 fully saturated rings. The van der Waals surface area contributed by atoms with Gasteiger partial charge < -0.3 is 15.2 Å². The fourth-order valence-corrected chi connectivity index (χ4v) is 4.32. The number of rotatable bonds is 5. The van der Waals surface area contributed by atoms with Crippen LogP contribution in [0.15, 0.2) is 42.5 Å². The van der Waals surface area contributed by atoms with Crippen LogP contribution in [-0.2, 0) is 4.74 Å². The van der Waals surface area contributed by atoms with E-state index in [0.29, 0.717) is 18.0 Å². The molecule has 0 bridgehead atoms. The molecule has 6 heteroatoms. The predicted molar refractivity (Wildman–Crippen MR) is 119 cm³/mol. The lowest BCUT2D eigenvalue weighted by molar-refractivity contribution is 0.0698. The Morgan fingerprint density at radius 1 is 1.32 bits per heavy atom. The maximum Gasteiger partial charge on any atom is 0.337 e. The van der Waals surface area contributed by atoms with E-state index in [1.54, 1.807) is 18.2 Å². The zero-order valence-corrected chi connectivity index (χ0v) is 17.7. The maximum atomic E-state index is 11.6. The van der Waals surface area contributed by atoms with Gasteiger partial charge in [-0.2, -0.15) is 5.26 Å². The molecule has 1 aliphatic rings. The van der Waals surface area contributed by atoms with Crippen LogP contribution in [0, 0.1) is 18.3 Å². The summed E-state index contributed by atoms with van der Waals surface area (Å²) in [6.45, 7) is 5.36. The number of benzene rings is 2. The van der Waals surface area contributed by atoms with E-state index in [1.807, 2.05) is 26.0 Å². The lowest BCUT2D eigenvalue weighted by Crippen LogP contribution is -2.17. The average molecular weight is 415 g/mol. The third-order valence-electron chi connectivity index (χ3n) is 5.84. The highest BCUT2D eigenvalue weighted by Crippen LogP contribution is 2.34. The van der Waals surface area contributed by atoms with E-state index in [2.05, 4.69) is 28.5 Å². The van der Waals surface area contributed by atoms with E-state index < -0.39 is 5.97 Å². The second-order valence-electron chi connectivity index (χ2n) is 8.09. The van der Waals surface area contributed by atoms with Gasteiger partial charge in [0.15, 0.2) is 0 Å². The molecule has 1 aliphatic heterocycles. The van der Waals surface area contributed by atoms with Gasteiger partial charge >= 0.3 is 5.97 Å². The molecule has 31 heavy (non-hydrogen) atoms. The van der Waals surface area contributed by atoms with E-state index in [4.69, 9.17) is 4.74 Å². The first-order chi connectivity index (χ1) is 15.0. The number of anilines is 1. The van der Waals surface area contributed by atoms with Crippen LogP contribution < -0.4 is 5.32 Å². The quantitative estimate of drug-likeness (QED) is 0.596. The van der Waals surface area contributed by atoms with Gasteiger partial charge in [-0.15, -0.1) is 0 Å². The SMILES string of the molecule is Cc1cc(C(C)Nc2ccccc2C(=O)O)c2cc(C3CCCOC3)c(C#N)nc2c1. The lowest BCUT2D eigenvalue weighted by atomic mass is 9.89. The summed E-state index contributed by atoms with van der Waals surface area (Å²) in [7, 11) is 0. The number of nitrogens with zero attached hydrogens (tertiary/aromatic N) is 2. The van der Waals surface area contributed by atoms with Crippen molar-refractivity contribution in [1.82, 2.24) is 4.98 Å². The van der Waals surface area contributed by atoms with E-state index in [1.165, 1.54) is 0 Å². The minimum absolute atomic E-state index is 0.158. The minimum Gasteiger partial charge on any atom is -0.478 e. The first-order valence-corrected chi connectivity index (χ1v) is 10.5. The first kappa shape index (κ1) is 20.8. The zero-order valence-electron chi connectivity index (χ0n) is 17.7. The molecule has 2 heterocycles. The maximum absolute atomic E-state index is 11.6. The predicted octanol–water partition coefficient (Wildman–Crippen LogP) is 5.18. The van der Waals surface area contributed by atoms with Crippen LogP contribution >= 0.6 is 0 Å². The molecule has 0 spiro atoms. The molecule has 0 amide bonds. The van der Waals surface area contributed by atoms with E-state index in [0.717, 1.165) is 47.0 Å². The zero-order chi connectivity index (χ0) is 22.0. The number of hydrogen-bond acceptors (Lipinski definition) is 5. The Hall–Kier alpha value is -3.43. The van der Waals surface area contributed by atoms with Crippen molar-refractivity contribution in [2.45, 2.75) is 38.6 Å². The number of pyridine rings is 1. The fourth-order valence-electron chi connectivity index (χ4n) is 4.32. The number of para-hydroxylation sites is 1. The number of nitrogens with one attached hydrogen (secondary N) is 1. The molecule has 0 aliphatic carbocycles. The Kier molecular flexibility index (Phi) is 5.88. The molecule has 2 atom stereocenters. The molecule has 2 aromatic carbocycles. The number of aromatic nitrogens is 1. The number of carboxylic acids is 1. The highest BCUT2D eigenvalue weighted by molar-refractivity contribution is 5.94. The van der Waals surface area contributed by atoms with Gasteiger partial charge in [0.2, 0.25) is 0 Å². The van der Waals surface area contributed by atoms with E-state index >= 15 is 0 Å². The molecular formula is C25H25N3O3. The molecule has 0 radical (unpaired) electrons. The minimum atomic E-state index is -0.968. The van der Waals surface area contributed by atoms with Gasteiger partial charge in [-0.3, -0.25) is 0 Å². The van der Waals surface area contributed by atoms with Gasteiger partial charge in [-0.05, 0) is 67.6 Å². The summed E-state index contributed by atoms with van der Waals surface area (Å²) < 4.78 is 5.65. The molecular weight excluding hydrogens is 390 g/mol. The lowest BCUT2D eigenvalue weighted by Gasteiger charge is -2.24. The van der Waals surface area contributed by atoms with Crippen molar-refractivity contribution >= 4 is 22.6 Å². The summed E-state index contributed by atoms with van der Waals surface area (Å²) in [5, 5.41) is 23.6. The third kappa shape index (κ3) is 4.23. The van der Waals surface area contributed by atoms with Gasteiger partial charge in [0.1, 0.15) is 11.8 Å². The summed E-state index contributed by atoms with van der Waals surface area (Å²) in [5.41, 5.74) is 5.01. The second kappa shape index (κ2) is 8.75. The topological polar surface area (TPSA) is 95.2 Å². The highest BCUT2D eigenvalue weighted by Gasteiger charge is 2.23. The fraction of sp³-hybridized carbons (Fsp3) is 0.320. The largest absolute Gasteiger partial charge is 0.478 e. The molecule has 6 nitrogen and oxygen atoms in total. The van der Waals surface area contributed by atoms with Crippen LogP contribution in [0.4, 0.5) is 5.69 Å². The Morgan fingerprint density at radius 3 is 2.84 bits per heavy atom. The summed E-state index contributed by atoms with van der Waals surface area (Å²) >= 11 is 0. The van der Waals surface area contributed by atoms with Crippen molar-refractivity contribution in [3.05, 3.63) is 70.4 Å². The molecule has 1 saturated heterocycles. The number of carbonyl (C=O) groups is 1. The Balaban J connectivity index is 1.80. The van der Waals surface area contributed by atoms with Crippen LogP contribution in [0.1, 0.15) is 64.5 Å². The second-order valence-corrected chi connectivity index (χ2v) is 8.09. The highest BCUT2D eigenvalue weighted by atomic mass is 16.5. The Morgan fingerprint density at radius 2 is 2.13 bits per heavy atom. The van der Waals surface area contributed by atoms with Crippen LogP contribution in [-0.4, -0.2) is 29.3 Å². The summed E-state index contributed by atoms with van der Waals surface area (Å²) in [4.78, 5) is 16.3. The van der Waals surface area contributed by atoms with Crippen LogP contribution in [0.2, 0.25) is 0 Å².